The largest absolute Gasteiger partial charge is 0.325 e. The zero-order valence-corrected chi connectivity index (χ0v) is 18.4. The van der Waals surface area contributed by atoms with Gasteiger partial charge >= 0.3 is 0 Å². The third-order valence-electron chi connectivity index (χ3n) is 5.66. The number of carbonyl (C=O) groups excluding carboxylic acids is 2. The van der Waals surface area contributed by atoms with Crippen LogP contribution in [0.3, 0.4) is 0 Å². The third kappa shape index (κ3) is 5.78. The van der Waals surface area contributed by atoms with Gasteiger partial charge < -0.3 is 10.6 Å². The van der Waals surface area contributed by atoms with Crippen LogP contribution in [-0.4, -0.2) is 39.8 Å². The van der Waals surface area contributed by atoms with Gasteiger partial charge in [0, 0.05) is 17.6 Å². The molecule has 170 valence electrons. The first-order chi connectivity index (χ1) is 16.0. The van der Waals surface area contributed by atoms with E-state index in [1.165, 1.54) is 24.3 Å². The van der Waals surface area contributed by atoms with Crippen LogP contribution in [0.5, 0.6) is 0 Å². The topological polar surface area (TPSA) is 87.2 Å². The molecule has 1 aliphatic heterocycles. The molecule has 0 spiro atoms. The fourth-order valence-electron chi connectivity index (χ4n) is 3.98. The second-order valence-electron chi connectivity index (χ2n) is 8.08. The van der Waals surface area contributed by atoms with Gasteiger partial charge in [-0.15, -0.1) is 0 Å². The predicted octanol–water partition coefficient (Wildman–Crippen LogP) is 4.34. The molecule has 8 heteroatoms. The van der Waals surface area contributed by atoms with Crippen molar-refractivity contribution in [1.82, 2.24) is 14.9 Å². The summed E-state index contributed by atoms with van der Waals surface area (Å²) in [5.41, 5.74) is 2.26. The van der Waals surface area contributed by atoms with E-state index in [1.54, 1.807) is 13.1 Å². The highest BCUT2D eigenvalue weighted by molar-refractivity contribution is 6.04. The number of likely N-dealkylation sites (tertiary alicyclic amines) is 1. The summed E-state index contributed by atoms with van der Waals surface area (Å²) in [6.45, 7) is 2.72. The van der Waals surface area contributed by atoms with Crippen LogP contribution in [0, 0.1) is 12.7 Å². The van der Waals surface area contributed by atoms with E-state index >= 15 is 0 Å². The normalized spacial score (nSPS) is 16.2. The van der Waals surface area contributed by atoms with Gasteiger partial charge in [-0.2, -0.15) is 0 Å². The molecule has 1 aromatic heterocycles. The van der Waals surface area contributed by atoms with Crippen molar-refractivity contribution in [2.24, 2.45) is 0 Å². The molecule has 1 saturated heterocycles. The van der Waals surface area contributed by atoms with Crippen molar-refractivity contribution in [3.63, 3.8) is 0 Å². The molecule has 0 radical (unpaired) electrons. The van der Waals surface area contributed by atoms with E-state index in [9.17, 15) is 14.0 Å². The summed E-state index contributed by atoms with van der Waals surface area (Å²) < 4.78 is 13.1. The molecule has 2 amide bonds. The Kier molecular flexibility index (Phi) is 7.04. The minimum absolute atomic E-state index is 0.109. The van der Waals surface area contributed by atoms with E-state index < -0.39 is 0 Å². The number of piperidine rings is 1. The summed E-state index contributed by atoms with van der Waals surface area (Å²) in [6, 6.07) is 14.8. The van der Waals surface area contributed by atoms with Crippen molar-refractivity contribution < 1.29 is 14.0 Å². The predicted molar refractivity (Wildman–Crippen MR) is 124 cm³/mol. The first-order valence-electron chi connectivity index (χ1n) is 11.0. The van der Waals surface area contributed by atoms with Crippen LogP contribution in [0.15, 0.2) is 60.8 Å². The molecule has 7 nitrogen and oxygen atoms in total. The van der Waals surface area contributed by atoms with E-state index in [0.717, 1.165) is 25.8 Å². The first-order valence-corrected chi connectivity index (χ1v) is 11.0. The van der Waals surface area contributed by atoms with Gasteiger partial charge in [0.2, 0.25) is 5.91 Å². The monoisotopic (exact) mass is 447 g/mol. The number of hydrogen-bond donors (Lipinski definition) is 2. The van der Waals surface area contributed by atoms with Crippen LogP contribution in [0.25, 0.3) is 0 Å². The van der Waals surface area contributed by atoms with Crippen LogP contribution < -0.4 is 10.6 Å². The summed E-state index contributed by atoms with van der Waals surface area (Å²) in [5, 5.41) is 5.66. The zero-order chi connectivity index (χ0) is 23.2. The molecule has 1 fully saturated rings. The number of aromatic nitrogens is 2. The van der Waals surface area contributed by atoms with Crippen LogP contribution in [0.4, 0.5) is 15.8 Å². The molecule has 2 aromatic carbocycles. The minimum Gasteiger partial charge on any atom is -0.325 e. The van der Waals surface area contributed by atoms with E-state index in [2.05, 4.69) is 25.5 Å². The number of aryl methyl sites for hydroxylation is 1. The number of carbonyl (C=O) groups is 2. The van der Waals surface area contributed by atoms with Gasteiger partial charge in [-0.3, -0.25) is 14.5 Å². The smallest absolute Gasteiger partial charge is 0.259 e. The van der Waals surface area contributed by atoms with Gasteiger partial charge in [-0.1, -0.05) is 24.6 Å². The maximum Gasteiger partial charge on any atom is 0.259 e. The molecule has 1 atom stereocenters. The molecule has 0 bridgehead atoms. The van der Waals surface area contributed by atoms with Crippen molar-refractivity contribution in [3.05, 3.63) is 83.7 Å². The molecule has 3 aromatic rings. The average Bonchev–Trinajstić information content (AvgIpc) is 2.81. The SMILES string of the molecule is Cc1nc(C2CCCCN2CC(=O)Nc2ccc(F)cc2)ncc1C(=O)Nc1ccccc1. The minimum atomic E-state index is -0.350. The molecule has 0 aliphatic carbocycles. The van der Waals surface area contributed by atoms with E-state index in [1.807, 2.05) is 30.3 Å². The average molecular weight is 448 g/mol. The number of para-hydroxylation sites is 1. The number of halogens is 1. The van der Waals surface area contributed by atoms with Gasteiger partial charge in [-0.25, -0.2) is 14.4 Å². The van der Waals surface area contributed by atoms with Crippen molar-refractivity contribution in [3.8, 4) is 0 Å². The highest BCUT2D eigenvalue weighted by Gasteiger charge is 2.28. The van der Waals surface area contributed by atoms with Gasteiger partial charge in [0.15, 0.2) is 0 Å². The second-order valence-corrected chi connectivity index (χ2v) is 8.08. The number of amides is 2. The lowest BCUT2D eigenvalue weighted by atomic mass is 10.0. The van der Waals surface area contributed by atoms with Crippen molar-refractivity contribution in [1.29, 1.82) is 0 Å². The Balaban J connectivity index is 1.44. The van der Waals surface area contributed by atoms with Crippen LogP contribution in [-0.2, 0) is 4.79 Å². The Hall–Kier alpha value is -3.65. The van der Waals surface area contributed by atoms with Gasteiger partial charge in [0.25, 0.3) is 5.91 Å². The zero-order valence-electron chi connectivity index (χ0n) is 18.4. The van der Waals surface area contributed by atoms with Gasteiger partial charge in [0.05, 0.1) is 23.8 Å². The lowest BCUT2D eigenvalue weighted by Gasteiger charge is -2.34. The summed E-state index contributed by atoms with van der Waals surface area (Å²) in [7, 11) is 0. The summed E-state index contributed by atoms with van der Waals surface area (Å²) in [4.78, 5) is 36.4. The fraction of sp³-hybridized carbons (Fsp3) is 0.280. The van der Waals surface area contributed by atoms with E-state index in [-0.39, 0.29) is 30.2 Å². The number of rotatable bonds is 6. The molecule has 2 N–H and O–H groups in total. The molecule has 1 aliphatic rings. The summed E-state index contributed by atoms with van der Waals surface area (Å²) in [5.74, 6) is -0.177. The van der Waals surface area contributed by atoms with Crippen molar-refractivity contribution >= 4 is 23.2 Å². The lowest BCUT2D eigenvalue weighted by molar-refractivity contribution is -0.118. The quantitative estimate of drug-likeness (QED) is 0.587. The molecule has 0 saturated carbocycles. The van der Waals surface area contributed by atoms with E-state index in [4.69, 9.17) is 0 Å². The fourth-order valence-corrected chi connectivity index (χ4v) is 3.98. The molecule has 4 rings (SSSR count). The van der Waals surface area contributed by atoms with Crippen LogP contribution >= 0.6 is 0 Å². The first kappa shape index (κ1) is 22.5. The van der Waals surface area contributed by atoms with E-state index in [0.29, 0.717) is 28.5 Å². The number of benzene rings is 2. The summed E-state index contributed by atoms with van der Waals surface area (Å²) in [6.07, 6.45) is 4.39. The molecule has 2 heterocycles. The Bertz CT molecular complexity index is 1120. The maximum absolute atomic E-state index is 13.1. The molecule has 33 heavy (non-hydrogen) atoms. The molecular formula is C25H26FN5O2. The number of hydrogen-bond acceptors (Lipinski definition) is 5. The standard InChI is InChI=1S/C25H26FN5O2/c1-17-21(25(33)30-19-7-3-2-4-8-19)15-27-24(28-17)22-9-5-6-14-31(22)16-23(32)29-20-12-10-18(26)11-13-20/h2-4,7-8,10-13,15,22H,5-6,9,14,16H2,1H3,(H,29,32)(H,30,33). The highest BCUT2D eigenvalue weighted by atomic mass is 19.1. The lowest BCUT2D eigenvalue weighted by Crippen LogP contribution is -2.40. The van der Waals surface area contributed by atoms with Gasteiger partial charge in [0.1, 0.15) is 11.6 Å². The Morgan fingerprint density at radius 3 is 2.48 bits per heavy atom. The van der Waals surface area contributed by atoms with Crippen LogP contribution in [0.2, 0.25) is 0 Å². The Morgan fingerprint density at radius 2 is 1.76 bits per heavy atom. The Labute approximate surface area is 192 Å². The summed E-state index contributed by atoms with van der Waals surface area (Å²) >= 11 is 0. The Morgan fingerprint density at radius 1 is 1.03 bits per heavy atom. The van der Waals surface area contributed by atoms with Crippen molar-refractivity contribution in [2.45, 2.75) is 32.2 Å². The van der Waals surface area contributed by atoms with Gasteiger partial charge in [-0.05, 0) is 62.7 Å². The number of anilines is 2. The third-order valence-corrected chi connectivity index (χ3v) is 5.66. The van der Waals surface area contributed by atoms with Crippen LogP contribution in [0.1, 0.15) is 47.2 Å². The number of nitrogens with zero attached hydrogens (tertiary/aromatic N) is 3. The maximum atomic E-state index is 13.1. The highest BCUT2D eigenvalue weighted by Crippen LogP contribution is 2.29. The molecule has 1 unspecified atom stereocenters. The number of nitrogens with one attached hydrogen (secondary N) is 2. The molecular weight excluding hydrogens is 421 g/mol. The van der Waals surface area contributed by atoms with Crippen molar-refractivity contribution in [2.75, 3.05) is 23.7 Å². The second kappa shape index (κ2) is 10.3.